The van der Waals surface area contributed by atoms with Crippen molar-refractivity contribution in [2.24, 2.45) is 5.92 Å². The van der Waals surface area contributed by atoms with Crippen LogP contribution >= 0.6 is 0 Å². The Hall–Kier alpha value is -1.52. The van der Waals surface area contributed by atoms with Gasteiger partial charge >= 0.3 is 0 Å². The van der Waals surface area contributed by atoms with Crippen molar-refractivity contribution in [1.29, 1.82) is 0 Å². The lowest BCUT2D eigenvalue weighted by atomic mass is 9.78. The molecule has 5 heteroatoms. The summed E-state index contributed by atoms with van der Waals surface area (Å²) >= 11 is 0. The highest BCUT2D eigenvalue weighted by Crippen LogP contribution is 2.37. The van der Waals surface area contributed by atoms with Crippen LogP contribution in [0, 0.1) is 5.92 Å². The van der Waals surface area contributed by atoms with Crippen LogP contribution in [-0.4, -0.2) is 29.1 Å². The van der Waals surface area contributed by atoms with Gasteiger partial charge in [-0.25, -0.2) is 0 Å². The molecule has 0 unspecified atom stereocenters. The number of hydrogen-bond donors (Lipinski definition) is 2. The van der Waals surface area contributed by atoms with Crippen LogP contribution in [0.1, 0.15) is 45.4 Å². The molecule has 110 valence electrons. The minimum absolute atomic E-state index is 0.372. The summed E-state index contributed by atoms with van der Waals surface area (Å²) in [5, 5.41) is 3.24. The molecule has 1 saturated carbocycles. The van der Waals surface area contributed by atoms with Crippen LogP contribution < -0.4 is 16.0 Å². The molecule has 1 aliphatic carbocycles. The van der Waals surface area contributed by atoms with Gasteiger partial charge in [-0.05, 0) is 38.5 Å². The smallest absolute Gasteiger partial charge is 0.223 e. The normalized spacial score (nSPS) is 26.1. The predicted molar refractivity (Wildman–Crippen MR) is 82.9 cm³/mol. The van der Waals surface area contributed by atoms with Crippen molar-refractivity contribution in [3.05, 3.63) is 6.07 Å². The molecule has 0 amide bonds. The van der Waals surface area contributed by atoms with E-state index >= 15 is 0 Å². The fourth-order valence-corrected chi connectivity index (χ4v) is 3.78. The molecular formula is C15H25N5. The van der Waals surface area contributed by atoms with E-state index in [1.165, 1.54) is 38.5 Å². The zero-order chi connectivity index (χ0) is 13.9. The lowest BCUT2D eigenvalue weighted by molar-refractivity contribution is 0.243. The van der Waals surface area contributed by atoms with Gasteiger partial charge in [-0.2, -0.15) is 9.97 Å². The molecule has 2 fully saturated rings. The Morgan fingerprint density at radius 3 is 2.90 bits per heavy atom. The van der Waals surface area contributed by atoms with Gasteiger partial charge < -0.3 is 16.0 Å². The SMILES string of the molecule is CCNc1cc(N2CCC[C@H]3CCCC[C@H]32)nc(N)n1. The largest absolute Gasteiger partial charge is 0.370 e. The summed E-state index contributed by atoms with van der Waals surface area (Å²) in [6.45, 7) is 4.02. The maximum atomic E-state index is 5.88. The molecule has 1 aromatic rings. The van der Waals surface area contributed by atoms with Crippen molar-refractivity contribution in [1.82, 2.24) is 9.97 Å². The number of hydrogen-bond acceptors (Lipinski definition) is 5. The Bertz CT molecular complexity index is 460. The van der Waals surface area contributed by atoms with Crippen molar-refractivity contribution < 1.29 is 0 Å². The van der Waals surface area contributed by atoms with Crippen molar-refractivity contribution in [3.8, 4) is 0 Å². The zero-order valence-corrected chi connectivity index (χ0v) is 12.3. The number of piperidine rings is 1. The van der Waals surface area contributed by atoms with E-state index in [9.17, 15) is 0 Å². The number of nitrogen functional groups attached to an aromatic ring is 1. The summed E-state index contributed by atoms with van der Waals surface area (Å²) < 4.78 is 0. The quantitative estimate of drug-likeness (QED) is 0.887. The predicted octanol–water partition coefficient (Wildman–Crippen LogP) is 2.65. The van der Waals surface area contributed by atoms with Gasteiger partial charge in [-0.15, -0.1) is 0 Å². The molecule has 5 nitrogen and oxygen atoms in total. The molecular weight excluding hydrogens is 250 g/mol. The molecule has 2 heterocycles. The first-order chi connectivity index (χ1) is 9.78. The fourth-order valence-electron chi connectivity index (χ4n) is 3.78. The lowest BCUT2D eigenvalue weighted by Crippen LogP contribution is -2.47. The summed E-state index contributed by atoms with van der Waals surface area (Å²) in [6, 6.07) is 2.71. The van der Waals surface area contributed by atoms with Crippen LogP contribution in [-0.2, 0) is 0 Å². The summed E-state index contributed by atoms with van der Waals surface area (Å²) in [7, 11) is 0. The molecule has 3 N–H and O–H groups in total. The van der Waals surface area contributed by atoms with E-state index in [1.54, 1.807) is 0 Å². The van der Waals surface area contributed by atoms with Crippen LogP contribution in [0.5, 0.6) is 0 Å². The average Bonchev–Trinajstić information content (AvgIpc) is 2.46. The first kappa shape index (κ1) is 13.5. The average molecular weight is 275 g/mol. The highest BCUT2D eigenvalue weighted by molar-refractivity contribution is 5.53. The monoisotopic (exact) mass is 275 g/mol. The van der Waals surface area contributed by atoms with E-state index in [0.717, 1.165) is 30.6 Å². The van der Waals surface area contributed by atoms with Gasteiger partial charge in [0.2, 0.25) is 5.95 Å². The maximum Gasteiger partial charge on any atom is 0.223 e. The van der Waals surface area contributed by atoms with Gasteiger partial charge in [-0.3, -0.25) is 0 Å². The van der Waals surface area contributed by atoms with Gasteiger partial charge in [-0.1, -0.05) is 12.8 Å². The Morgan fingerprint density at radius 1 is 1.25 bits per heavy atom. The second-order valence-corrected chi connectivity index (χ2v) is 5.95. The Kier molecular flexibility index (Phi) is 3.94. The standard InChI is InChI=1S/C15H25N5/c1-2-17-13-10-14(19-15(16)18-13)20-9-5-7-11-6-3-4-8-12(11)20/h10-12H,2-9H2,1H3,(H3,16,17,18,19)/t11-,12-/m1/s1. The molecule has 3 rings (SSSR count). The van der Waals surface area contributed by atoms with Gasteiger partial charge in [0.1, 0.15) is 11.6 Å². The van der Waals surface area contributed by atoms with Crippen LogP contribution in [0.3, 0.4) is 0 Å². The Morgan fingerprint density at radius 2 is 2.05 bits per heavy atom. The first-order valence-electron chi connectivity index (χ1n) is 7.93. The number of nitrogens with one attached hydrogen (secondary N) is 1. The molecule has 2 aliphatic rings. The summed E-state index contributed by atoms with van der Waals surface area (Å²) in [4.78, 5) is 11.2. The third kappa shape index (κ3) is 2.67. The summed E-state index contributed by atoms with van der Waals surface area (Å²) in [6.07, 6.45) is 8.05. The molecule has 2 atom stereocenters. The summed E-state index contributed by atoms with van der Waals surface area (Å²) in [5.41, 5.74) is 5.88. The van der Waals surface area contributed by atoms with Crippen LogP contribution in [0.4, 0.5) is 17.6 Å². The number of anilines is 3. The second kappa shape index (κ2) is 5.85. The van der Waals surface area contributed by atoms with Crippen molar-refractivity contribution >= 4 is 17.6 Å². The number of fused-ring (bicyclic) bond motifs is 1. The highest BCUT2D eigenvalue weighted by Gasteiger charge is 2.34. The molecule has 0 aromatic carbocycles. The number of aromatic nitrogens is 2. The topological polar surface area (TPSA) is 67.1 Å². The van der Waals surface area contributed by atoms with Crippen molar-refractivity contribution in [2.75, 3.05) is 29.0 Å². The van der Waals surface area contributed by atoms with Crippen LogP contribution in [0.2, 0.25) is 0 Å². The lowest BCUT2D eigenvalue weighted by Gasteiger charge is -2.44. The maximum absolute atomic E-state index is 5.88. The van der Waals surface area contributed by atoms with E-state index < -0.39 is 0 Å². The number of nitrogens with two attached hydrogens (primary N) is 1. The minimum Gasteiger partial charge on any atom is -0.370 e. The molecule has 0 radical (unpaired) electrons. The van der Waals surface area contributed by atoms with Crippen molar-refractivity contribution in [3.63, 3.8) is 0 Å². The van der Waals surface area contributed by atoms with E-state index in [0.29, 0.717) is 12.0 Å². The summed E-state index contributed by atoms with van der Waals surface area (Å²) in [5.74, 6) is 3.06. The van der Waals surface area contributed by atoms with E-state index in [4.69, 9.17) is 5.73 Å². The zero-order valence-electron chi connectivity index (χ0n) is 12.3. The van der Waals surface area contributed by atoms with Crippen LogP contribution in [0.15, 0.2) is 6.07 Å². The van der Waals surface area contributed by atoms with Gasteiger partial charge in [0, 0.05) is 25.2 Å². The molecule has 0 spiro atoms. The third-order valence-electron chi connectivity index (χ3n) is 4.63. The molecule has 1 aliphatic heterocycles. The molecule has 1 aromatic heterocycles. The molecule has 20 heavy (non-hydrogen) atoms. The molecule has 0 bridgehead atoms. The van der Waals surface area contributed by atoms with Crippen molar-refractivity contribution in [2.45, 2.75) is 51.5 Å². The number of rotatable bonds is 3. The van der Waals surface area contributed by atoms with E-state index in [1.807, 2.05) is 0 Å². The molecule has 1 saturated heterocycles. The number of nitrogens with zero attached hydrogens (tertiary/aromatic N) is 3. The first-order valence-corrected chi connectivity index (χ1v) is 7.93. The van der Waals surface area contributed by atoms with Gasteiger partial charge in [0.05, 0.1) is 0 Å². The van der Waals surface area contributed by atoms with Crippen LogP contribution in [0.25, 0.3) is 0 Å². The van der Waals surface area contributed by atoms with E-state index in [2.05, 4.69) is 33.2 Å². The Balaban J connectivity index is 1.86. The fraction of sp³-hybridized carbons (Fsp3) is 0.733. The minimum atomic E-state index is 0.372. The third-order valence-corrected chi connectivity index (χ3v) is 4.63. The van der Waals surface area contributed by atoms with E-state index in [-0.39, 0.29) is 0 Å². The van der Waals surface area contributed by atoms with Gasteiger partial charge in [0.15, 0.2) is 0 Å². The van der Waals surface area contributed by atoms with Gasteiger partial charge in [0.25, 0.3) is 0 Å². The highest BCUT2D eigenvalue weighted by atomic mass is 15.3. The second-order valence-electron chi connectivity index (χ2n) is 5.95. The Labute approximate surface area is 121 Å².